The van der Waals surface area contributed by atoms with E-state index in [-0.39, 0.29) is 30.9 Å². The maximum Gasteiger partial charge on any atom is 0.290 e. The van der Waals surface area contributed by atoms with Crippen LogP contribution in [0.5, 0.6) is 11.5 Å². The van der Waals surface area contributed by atoms with Crippen molar-refractivity contribution >= 4 is 17.2 Å². The Hall–Kier alpha value is -3.62. The zero-order valence-electron chi connectivity index (χ0n) is 19.0. The summed E-state index contributed by atoms with van der Waals surface area (Å²) >= 11 is 1.43. The lowest BCUT2D eigenvalue weighted by Crippen LogP contribution is -2.33. The molecule has 0 saturated carbocycles. The molecule has 0 radical (unpaired) electrons. The number of aromatic nitrogens is 1. The van der Waals surface area contributed by atoms with Crippen molar-refractivity contribution in [3.8, 4) is 11.5 Å². The molecule has 1 N–H and O–H groups in total. The van der Waals surface area contributed by atoms with Crippen molar-refractivity contribution in [2.45, 2.75) is 32.7 Å². The second kappa shape index (κ2) is 11.0. The number of aliphatic hydroxyl groups excluding tert-OH is 1. The Kier molecular flexibility index (Phi) is 7.61. The van der Waals surface area contributed by atoms with E-state index in [1.54, 1.807) is 29.5 Å². The van der Waals surface area contributed by atoms with Crippen LogP contribution in [0, 0.1) is 0 Å². The summed E-state index contributed by atoms with van der Waals surface area (Å²) in [4.78, 5) is 19.4. The molecular formula is C26H26N2O5S. The summed E-state index contributed by atoms with van der Waals surface area (Å²) in [6.07, 6.45) is 1.50. The van der Waals surface area contributed by atoms with Gasteiger partial charge in [0.25, 0.3) is 5.91 Å². The van der Waals surface area contributed by atoms with Gasteiger partial charge in [0.05, 0.1) is 31.7 Å². The molecule has 8 heteroatoms. The van der Waals surface area contributed by atoms with Crippen LogP contribution in [0.4, 0.5) is 0 Å². The summed E-state index contributed by atoms with van der Waals surface area (Å²) < 4.78 is 16.9. The molecule has 0 aliphatic rings. The first kappa shape index (κ1) is 23.5. The van der Waals surface area contributed by atoms with Gasteiger partial charge in [-0.3, -0.25) is 4.79 Å². The van der Waals surface area contributed by atoms with Gasteiger partial charge in [0.2, 0.25) is 0 Å². The van der Waals surface area contributed by atoms with E-state index in [0.29, 0.717) is 23.7 Å². The molecule has 0 fully saturated rings. The van der Waals surface area contributed by atoms with Crippen LogP contribution in [0.25, 0.3) is 0 Å². The summed E-state index contributed by atoms with van der Waals surface area (Å²) in [5, 5.41) is 11.8. The Bertz CT molecular complexity index is 1210. The van der Waals surface area contributed by atoms with Crippen molar-refractivity contribution in [3.63, 3.8) is 0 Å². The van der Waals surface area contributed by atoms with E-state index in [1.165, 1.54) is 17.6 Å². The third kappa shape index (κ3) is 5.47. The van der Waals surface area contributed by atoms with Crippen LogP contribution in [-0.2, 0) is 19.8 Å². The third-order valence-corrected chi connectivity index (χ3v) is 6.31. The average Bonchev–Trinajstić information content (AvgIpc) is 3.58. The molecule has 1 atom stereocenters. The predicted molar refractivity (Wildman–Crippen MR) is 129 cm³/mol. The standard InChI is InChI=1S/C26H26N2O5S/c1-18(20-7-4-3-5-8-20)28(26(30)23-9-6-12-32-23)14-19-10-11-22(31-2)24(13-19)33-16-25-27-21(15-29)17-34-25/h3-13,17-18,29H,14-16H2,1-2H3. The summed E-state index contributed by atoms with van der Waals surface area (Å²) in [5.74, 6) is 1.23. The molecule has 0 aliphatic heterocycles. The minimum atomic E-state index is -0.195. The molecule has 2 heterocycles. The molecule has 7 nitrogen and oxygen atoms in total. The van der Waals surface area contributed by atoms with Gasteiger partial charge < -0.3 is 23.9 Å². The summed E-state index contributed by atoms with van der Waals surface area (Å²) in [6, 6.07) is 18.7. The Morgan fingerprint density at radius 3 is 2.65 bits per heavy atom. The number of hydrogen-bond donors (Lipinski definition) is 1. The molecule has 176 valence electrons. The van der Waals surface area contributed by atoms with E-state index >= 15 is 0 Å². The van der Waals surface area contributed by atoms with Crippen molar-refractivity contribution in [1.82, 2.24) is 9.88 Å². The van der Waals surface area contributed by atoms with E-state index in [9.17, 15) is 9.90 Å². The van der Waals surface area contributed by atoms with Gasteiger partial charge in [0, 0.05) is 11.9 Å². The molecule has 1 amide bonds. The lowest BCUT2D eigenvalue weighted by molar-refractivity contribution is 0.0641. The minimum Gasteiger partial charge on any atom is -0.493 e. The highest BCUT2D eigenvalue weighted by atomic mass is 32.1. The number of ether oxygens (including phenoxy) is 2. The number of methoxy groups -OCH3 is 1. The summed E-state index contributed by atoms with van der Waals surface area (Å²) in [6.45, 7) is 2.49. The number of nitrogens with zero attached hydrogens (tertiary/aromatic N) is 2. The first-order chi connectivity index (χ1) is 16.6. The van der Waals surface area contributed by atoms with Gasteiger partial charge in [-0.05, 0) is 42.3 Å². The van der Waals surface area contributed by atoms with Crippen LogP contribution in [-0.4, -0.2) is 28.0 Å². The number of hydrogen-bond acceptors (Lipinski definition) is 7. The number of aliphatic hydroxyl groups is 1. The molecule has 0 saturated heterocycles. The Balaban J connectivity index is 1.58. The van der Waals surface area contributed by atoms with Gasteiger partial charge in [-0.15, -0.1) is 11.3 Å². The zero-order chi connectivity index (χ0) is 23.9. The summed E-state index contributed by atoms with van der Waals surface area (Å²) in [7, 11) is 1.58. The fourth-order valence-corrected chi connectivity index (χ4v) is 4.29. The van der Waals surface area contributed by atoms with E-state index in [2.05, 4.69) is 4.98 Å². The van der Waals surface area contributed by atoms with E-state index in [1.807, 2.05) is 55.5 Å². The normalized spacial score (nSPS) is 11.7. The smallest absolute Gasteiger partial charge is 0.290 e. The predicted octanol–water partition coefficient (Wildman–Crippen LogP) is 5.22. The van der Waals surface area contributed by atoms with Gasteiger partial charge >= 0.3 is 0 Å². The first-order valence-electron chi connectivity index (χ1n) is 10.8. The first-order valence-corrected chi connectivity index (χ1v) is 11.7. The number of carbonyl (C=O) groups excluding carboxylic acids is 1. The van der Waals surface area contributed by atoms with Gasteiger partial charge in [0.15, 0.2) is 17.3 Å². The molecule has 0 aliphatic carbocycles. The second-order valence-electron chi connectivity index (χ2n) is 7.66. The fraction of sp³-hybridized carbons (Fsp3) is 0.231. The number of thiazole rings is 1. The van der Waals surface area contributed by atoms with Crippen LogP contribution in [0.15, 0.2) is 76.7 Å². The molecule has 1 unspecified atom stereocenters. The van der Waals surface area contributed by atoms with Crippen LogP contribution in [0.2, 0.25) is 0 Å². The number of furan rings is 1. The SMILES string of the molecule is COc1ccc(CN(C(=O)c2ccco2)C(C)c2ccccc2)cc1OCc1nc(CO)cs1. The zero-order valence-corrected chi connectivity index (χ0v) is 19.8. The Morgan fingerprint density at radius 1 is 1.15 bits per heavy atom. The van der Waals surface area contributed by atoms with Gasteiger partial charge in [-0.25, -0.2) is 4.98 Å². The topological polar surface area (TPSA) is 85.0 Å². The highest BCUT2D eigenvalue weighted by Crippen LogP contribution is 2.31. The molecular weight excluding hydrogens is 452 g/mol. The van der Waals surface area contributed by atoms with Crippen molar-refractivity contribution in [2.75, 3.05) is 7.11 Å². The monoisotopic (exact) mass is 478 g/mol. The minimum absolute atomic E-state index is 0.103. The third-order valence-electron chi connectivity index (χ3n) is 5.44. The Morgan fingerprint density at radius 2 is 1.97 bits per heavy atom. The molecule has 2 aromatic carbocycles. The van der Waals surface area contributed by atoms with Crippen LogP contribution in [0.3, 0.4) is 0 Å². The average molecular weight is 479 g/mol. The van der Waals surface area contributed by atoms with Crippen LogP contribution < -0.4 is 9.47 Å². The molecule has 34 heavy (non-hydrogen) atoms. The molecule has 0 bridgehead atoms. The van der Waals surface area contributed by atoms with Crippen molar-refractivity contribution in [2.24, 2.45) is 0 Å². The lowest BCUT2D eigenvalue weighted by Gasteiger charge is -2.29. The van der Waals surface area contributed by atoms with E-state index in [4.69, 9.17) is 13.9 Å². The van der Waals surface area contributed by atoms with E-state index in [0.717, 1.165) is 16.1 Å². The largest absolute Gasteiger partial charge is 0.493 e. The van der Waals surface area contributed by atoms with Crippen molar-refractivity contribution in [3.05, 3.63) is 99.9 Å². The van der Waals surface area contributed by atoms with Crippen molar-refractivity contribution in [1.29, 1.82) is 0 Å². The van der Waals surface area contributed by atoms with Crippen LogP contribution in [0.1, 0.15) is 45.3 Å². The second-order valence-corrected chi connectivity index (χ2v) is 8.60. The number of rotatable bonds is 10. The fourth-order valence-electron chi connectivity index (χ4n) is 3.59. The van der Waals surface area contributed by atoms with Crippen molar-refractivity contribution < 1.29 is 23.8 Å². The molecule has 4 aromatic rings. The van der Waals surface area contributed by atoms with Crippen LogP contribution >= 0.6 is 11.3 Å². The molecule has 2 aromatic heterocycles. The lowest BCUT2D eigenvalue weighted by atomic mass is 10.1. The summed E-state index contributed by atoms with van der Waals surface area (Å²) in [5.41, 5.74) is 2.52. The Labute approximate surface area is 202 Å². The maximum absolute atomic E-state index is 13.3. The van der Waals surface area contributed by atoms with E-state index < -0.39 is 0 Å². The van der Waals surface area contributed by atoms with Gasteiger partial charge in [-0.1, -0.05) is 36.4 Å². The maximum atomic E-state index is 13.3. The van der Waals surface area contributed by atoms with Gasteiger partial charge in [-0.2, -0.15) is 0 Å². The van der Waals surface area contributed by atoms with Gasteiger partial charge in [0.1, 0.15) is 11.6 Å². The number of carbonyl (C=O) groups is 1. The molecule has 0 spiro atoms. The quantitative estimate of drug-likeness (QED) is 0.336. The highest BCUT2D eigenvalue weighted by molar-refractivity contribution is 7.09. The molecule has 4 rings (SSSR count). The highest BCUT2D eigenvalue weighted by Gasteiger charge is 2.25. The number of benzene rings is 2. The number of amides is 1.